The monoisotopic (exact) mass is 266 g/mol. The van der Waals surface area contributed by atoms with Crippen LogP contribution in [-0.4, -0.2) is 42.2 Å². The Kier molecular flexibility index (Phi) is 5.01. The summed E-state index contributed by atoms with van der Waals surface area (Å²) >= 11 is 0. The van der Waals surface area contributed by atoms with Crippen molar-refractivity contribution in [1.82, 2.24) is 10.2 Å². The van der Waals surface area contributed by atoms with Crippen molar-refractivity contribution in [2.75, 3.05) is 13.1 Å². The van der Waals surface area contributed by atoms with Crippen molar-refractivity contribution < 1.29 is 18.0 Å². The number of halogens is 3. The second-order valence-corrected chi connectivity index (χ2v) is 5.31. The van der Waals surface area contributed by atoms with Crippen molar-refractivity contribution in [3.05, 3.63) is 0 Å². The fourth-order valence-corrected chi connectivity index (χ4v) is 2.20. The molecule has 3 nitrogen and oxygen atoms in total. The number of nitrogens with one attached hydrogen (secondary N) is 1. The molecule has 0 aromatic rings. The Morgan fingerprint density at radius 2 is 2.06 bits per heavy atom. The number of nitrogens with zero attached hydrogens (tertiary/aromatic N) is 1. The summed E-state index contributed by atoms with van der Waals surface area (Å²) in [5.74, 6) is -0.0611. The van der Waals surface area contributed by atoms with Gasteiger partial charge < -0.3 is 10.2 Å². The van der Waals surface area contributed by atoms with E-state index in [9.17, 15) is 18.0 Å². The molecule has 1 fully saturated rings. The van der Waals surface area contributed by atoms with Crippen molar-refractivity contribution in [3.8, 4) is 0 Å². The third kappa shape index (κ3) is 4.48. The van der Waals surface area contributed by atoms with E-state index in [4.69, 9.17) is 0 Å². The van der Waals surface area contributed by atoms with Crippen LogP contribution in [0.4, 0.5) is 13.2 Å². The van der Waals surface area contributed by atoms with Crippen LogP contribution >= 0.6 is 0 Å². The Morgan fingerprint density at radius 1 is 1.44 bits per heavy atom. The number of piperidine rings is 1. The Morgan fingerprint density at radius 3 is 2.50 bits per heavy atom. The Bertz CT molecular complexity index is 292. The van der Waals surface area contributed by atoms with E-state index in [0.29, 0.717) is 18.9 Å². The lowest BCUT2D eigenvalue weighted by Gasteiger charge is -2.34. The van der Waals surface area contributed by atoms with Gasteiger partial charge in [-0.05, 0) is 39.2 Å². The molecule has 0 radical (unpaired) electrons. The smallest absolute Gasteiger partial charge is 0.330 e. The molecule has 0 aromatic heterocycles. The van der Waals surface area contributed by atoms with Gasteiger partial charge in [0.2, 0.25) is 5.91 Å². The Hall–Kier alpha value is -0.780. The molecule has 1 aliphatic rings. The van der Waals surface area contributed by atoms with Gasteiger partial charge in [-0.3, -0.25) is 4.79 Å². The average Bonchev–Trinajstić information content (AvgIpc) is 2.23. The molecule has 0 saturated carbocycles. The summed E-state index contributed by atoms with van der Waals surface area (Å²) in [5.41, 5.74) is 0. The van der Waals surface area contributed by atoms with Crippen LogP contribution in [0.15, 0.2) is 0 Å². The zero-order valence-electron chi connectivity index (χ0n) is 11.0. The quantitative estimate of drug-likeness (QED) is 0.849. The van der Waals surface area contributed by atoms with E-state index < -0.39 is 30.7 Å². The predicted octanol–water partition coefficient (Wildman–Crippen LogP) is 2.17. The minimum absolute atomic E-state index is 0.375. The van der Waals surface area contributed by atoms with Crippen molar-refractivity contribution >= 4 is 5.91 Å². The minimum Gasteiger partial charge on any atom is -0.330 e. The number of carbonyl (C=O) groups excluding carboxylic acids is 1. The fourth-order valence-electron chi connectivity index (χ4n) is 2.20. The van der Waals surface area contributed by atoms with Gasteiger partial charge in [0.25, 0.3) is 0 Å². The summed E-state index contributed by atoms with van der Waals surface area (Å²) in [7, 11) is 0. The van der Waals surface area contributed by atoms with E-state index in [-0.39, 0.29) is 0 Å². The van der Waals surface area contributed by atoms with Crippen LogP contribution in [0.25, 0.3) is 0 Å². The second kappa shape index (κ2) is 5.91. The van der Waals surface area contributed by atoms with Crippen LogP contribution in [0.2, 0.25) is 0 Å². The van der Waals surface area contributed by atoms with Gasteiger partial charge in [-0.15, -0.1) is 0 Å². The molecular weight excluding hydrogens is 245 g/mol. The number of rotatable bonds is 3. The minimum atomic E-state index is -4.35. The van der Waals surface area contributed by atoms with Gasteiger partial charge in [-0.1, -0.05) is 6.92 Å². The number of amides is 1. The van der Waals surface area contributed by atoms with Crippen molar-refractivity contribution in [2.45, 2.75) is 51.9 Å². The molecule has 0 aliphatic carbocycles. The lowest BCUT2D eigenvalue weighted by atomic mass is 9.93. The van der Waals surface area contributed by atoms with Crippen molar-refractivity contribution in [2.24, 2.45) is 5.92 Å². The normalized spacial score (nSPS) is 25.3. The van der Waals surface area contributed by atoms with Gasteiger partial charge in [0.15, 0.2) is 0 Å². The lowest BCUT2D eigenvalue weighted by Crippen LogP contribution is -2.54. The molecule has 2 unspecified atom stereocenters. The molecule has 1 saturated heterocycles. The Balaban J connectivity index is 2.70. The van der Waals surface area contributed by atoms with Gasteiger partial charge in [0, 0.05) is 6.04 Å². The molecular formula is C12H21F3N2O. The average molecular weight is 266 g/mol. The first-order valence-corrected chi connectivity index (χ1v) is 6.31. The topological polar surface area (TPSA) is 32.3 Å². The highest BCUT2D eigenvalue weighted by Crippen LogP contribution is 2.21. The van der Waals surface area contributed by atoms with E-state index >= 15 is 0 Å². The predicted molar refractivity (Wildman–Crippen MR) is 63.1 cm³/mol. The van der Waals surface area contributed by atoms with E-state index in [1.165, 1.54) is 0 Å². The molecule has 0 bridgehead atoms. The highest BCUT2D eigenvalue weighted by atomic mass is 19.4. The highest BCUT2D eigenvalue weighted by molar-refractivity contribution is 5.82. The maximum Gasteiger partial charge on any atom is 0.406 e. The summed E-state index contributed by atoms with van der Waals surface area (Å²) in [6.45, 7) is 4.75. The van der Waals surface area contributed by atoms with Crippen LogP contribution in [0, 0.1) is 5.92 Å². The van der Waals surface area contributed by atoms with Crippen LogP contribution < -0.4 is 5.32 Å². The Labute approximate surface area is 106 Å². The molecule has 6 heteroatoms. The first-order chi connectivity index (χ1) is 8.20. The molecule has 1 rings (SSSR count). The molecule has 1 heterocycles. The number of alkyl halides is 3. The number of carbonyl (C=O) groups is 1. The van der Waals surface area contributed by atoms with Gasteiger partial charge in [-0.2, -0.15) is 13.2 Å². The molecule has 1 amide bonds. The molecule has 18 heavy (non-hydrogen) atoms. The second-order valence-electron chi connectivity index (χ2n) is 5.31. The van der Waals surface area contributed by atoms with Gasteiger partial charge in [0.1, 0.15) is 6.54 Å². The third-order valence-electron chi connectivity index (χ3n) is 3.22. The van der Waals surface area contributed by atoms with Crippen molar-refractivity contribution in [1.29, 1.82) is 0 Å². The van der Waals surface area contributed by atoms with E-state index in [1.807, 2.05) is 6.92 Å². The van der Waals surface area contributed by atoms with Crippen molar-refractivity contribution in [3.63, 3.8) is 0 Å². The third-order valence-corrected chi connectivity index (χ3v) is 3.22. The molecule has 0 spiro atoms. The lowest BCUT2D eigenvalue weighted by molar-refractivity contribution is -0.166. The molecule has 0 aromatic carbocycles. The van der Waals surface area contributed by atoms with Crippen LogP contribution in [0.3, 0.4) is 0 Å². The SMILES string of the molecule is CC1CCNC(C(=O)N(CC(F)(F)F)C(C)C)C1. The van der Waals surface area contributed by atoms with E-state index in [2.05, 4.69) is 5.32 Å². The van der Waals surface area contributed by atoms with E-state index in [0.717, 1.165) is 11.3 Å². The summed E-state index contributed by atoms with van der Waals surface area (Å²) < 4.78 is 37.4. The van der Waals surface area contributed by atoms with Crippen LogP contribution in [0.1, 0.15) is 33.6 Å². The van der Waals surface area contributed by atoms with Crippen LogP contribution in [-0.2, 0) is 4.79 Å². The van der Waals surface area contributed by atoms with Gasteiger partial charge in [0.05, 0.1) is 6.04 Å². The zero-order chi connectivity index (χ0) is 13.9. The maximum atomic E-state index is 12.5. The van der Waals surface area contributed by atoms with Gasteiger partial charge >= 0.3 is 6.18 Å². The largest absolute Gasteiger partial charge is 0.406 e. The molecule has 1 aliphatic heterocycles. The summed E-state index contributed by atoms with van der Waals surface area (Å²) in [6, 6.07) is -0.920. The first-order valence-electron chi connectivity index (χ1n) is 6.31. The fraction of sp³-hybridized carbons (Fsp3) is 0.917. The first kappa shape index (κ1) is 15.3. The number of hydrogen-bond acceptors (Lipinski definition) is 2. The summed E-state index contributed by atoms with van der Waals surface area (Å²) in [5, 5.41) is 3.01. The molecule has 1 N–H and O–H groups in total. The summed E-state index contributed by atoms with van der Waals surface area (Å²) in [4.78, 5) is 13.0. The molecule has 2 atom stereocenters. The standard InChI is InChI=1S/C12H21F3N2O/c1-8(2)17(7-12(13,14)15)11(18)10-6-9(3)4-5-16-10/h8-10,16H,4-7H2,1-3H3. The molecule has 106 valence electrons. The van der Waals surface area contributed by atoms with E-state index in [1.54, 1.807) is 13.8 Å². The summed E-state index contributed by atoms with van der Waals surface area (Å²) in [6.07, 6.45) is -2.77. The van der Waals surface area contributed by atoms with Gasteiger partial charge in [-0.25, -0.2) is 0 Å². The number of hydrogen-bond donors (Lipinski definition) is 1. The van der Waals surface area contributed by atoms with Crippen LogP contribution in [0.5, 0.6) is 0 Å². The zero-order valence-corrected chi connectivity index (χ0v) is 11.0. The highest BCUT2D eigenvalue weighted by Gasteiger charge is 2.37. The maximum absolute atomic E-state index is 12.5.